The lowest BCUT2D eigenvalue weighted by Crippen LogP contribution is -2.48. The van der Waals surface area contributed by atoms with E-state index in [1.165, 1.54) is 0 Å². The summed E-state index contributed by atoms with van der Waals surface area (Å²) in [6.45, 7) is 6.51. The van der Waals surface area contributed by atoms with Gasteiger partial charge in [0.1, 0.15) is 12.4 Å². The number of amides is 1. The number of nitrogens with one attached hydrogen (secondary N) is 1. The molecule has 6 heteroatoms. The van der Waals surface area contributed by atoms with Crippen molar-refractivity contribution in [3.8, 4) is 17.0 Å². The van der Waals surface area contributed by atoms with Gasteiger partial charge in [0.2, 0.25) is 5.91 Å². The molecule has 1 aliphatic heterocycles. The van der Waals surface area contributed by atoms with Gasteiger partial charge in [-0.25, -0.2) is 4.98 Å². The first kappa shape index (κ1) is 20.5. The summed E-state index contributed by atoms with van der Waals surface area (Å²) in [5, 5.41) is 0. The van der Waals surface area contributed by atoms with Crippen molar-refractivity contribution in [1.29, 1.82) is 0 Å². The molecule has 0 saturated carbocycles. The summed E-state index contributed by atoms with van der Waals surface area (Å²) in [5.74, 6) is 0.971. The van der Waals surface area contributed by atoms with E-state index in [9.17, 15) is 4.79 Å². The fraction of sp³-hybridized carbons (Fsp3) is 0.304. The molecule has 2 heterocycles. The first-order valence-corrected chi connectivity index (χ1v) is 9.98. The minimum absolute atomic E-state index is 0.153. The molecule has 2 aromatic carbocycles. The van der Waals surface area contributed by atoms with Crippen molar-refractivity contribution in [1.82, 2.24) is 14.9 Å². The average molecular weight is 393 g/mol. The molecule has 152 valence electrons. The molecule has 0 radical (unpaired) electrons. The third-order valence-electron chi connectivity index (χ3n) is 4.80. The Hall–Kier alpha value is -3.28. The number of nitrogens with zero attached hydrogens (tertiary/aromatic N) is 3. The van der Waals surface area contributed by atoms with Crippen molar-refractivity contribution < 1.29 is 9.53 Å². The smallest absolute Gasteiger partial charge is 0.241 e. The number of carbonyl (C=O) groups excluding carboxylic acids is 1. The highest BCUT2D eigenvalue weighted by molar-refractivity contribution is 5.82. The normalized spacial score (nSPS) is 13.7. The van der Waals surface area contributed by atoms with Gasteiger partial charge in [0.25, 0.3) is 0 Å². The molecule has 1 saturated heterocycles. The van der Waals surface area contributed by atoms with Crippen LogP contribution in [0, 0.1) is 0 Å². The Labute approximate surface area is 172 Å². The van der Waals surface area contributed by atoms with Gasteiger partial charge in [-0.2, -0.15) is 0 Å². The second-order valence-corrected chi connectivity index (χ2v) is 6.69. The summed E-state index contributed by atoms with van der Waals surface area (Å²) in [6, 6.07) is 16.1. The quantitative estimate of drug-likeness (QED) is 0.714. The van der Waals surface area contributed by atoms with Crippen LogP contribution in [-0.4, -0.2) is 47.5 Å². The van der Waals surface area contributed by atoms with E-state index in [2.05, 4.69) is 20.9 Å². The topological polar surface area (TPSA) is 61.5 Å². The molecule has 0 aliphatic carbocycles. The number of hydrogen-bond acceptors (Lipinski definition) is 4. The Bertz CT molecular complexity index is 907. The molecular formula is C23H28N4O2. The molecular weight excluding hydrogens is 364 g/mol. The molecule has 4 rings (SSSR count). The van der Waals surface area contributed by atoms with Crippen LogP contribution < -0.4 is 9.64 Å². The van der Waals surface area contributed by atoms with Crippen LogP contribution in [0.15, 0.2) is 61.1 Å². The Kier molecular flexibility index (Phi) is 6.89. The zero-order valence-corrected chi connectivity index (χ0v) is 17.3. The molecule has 0 spiro atoms. The summed E-state index contributed by atoms with van der Waals surface area (Å²) in [5.41, 5.74) is 4.20. The maximum Gasteiger partial charge on any atom is 0.241 e. The van der Waals surface area contributed by atoms with Gasteiger partial charge in [-0.15, -0.1) is 0 Å². The highest BCUT2D eigenvalue weighted by Gasteiger charge is 2.21. The molecule has 1 aliphatic rings. The summed E-state index contributed by atoms with van der Waals surface area (Å²) < 4.78 is 5.93. The monoisotopic (exact) mass is 392 g/mol. The standard InChI is InChI=1S/C21H22N4O2.C2H6/c1-24-9-10-25(13-21(24)26)18-4-2-3-16(11-18)14-27-19-7-5-17(6-8-19)20-12-22-15-23-20;1-2/h2-8,11-12,15H,9-10,13-14H2,1H3,(H,22,23);1-2H3. The number of aromatic nitrogens is 2. The third kappa shape index (κ3) is 5.16. The minimum Gasteiger partial charge on any atom is -0.489 e. The molecule has 1 N–H and O–H groups in total. The van der Waals surface area contributed by atoms with Crippen LogP contribution in [0.4, 0.5) is 5.69 Å². The molecule has 29 heavy (non-hydrogen) atoms. The summed E-state index contributed by atoms with van der Waals surface area (Å²) in [7, 11) is 1.85. The number of ether oxygens (including phenoxy) is 1. The van der Waals surface area contributed by atoms with Crippen LogP contribution in [0.3, 0.4) is 0 Å². The number of rotatable bonds is 5. The van der Waals surface area contributed by atoms with Crippen LogP contribution >= 0.6 is 0 Å². The van der Waals surface area contributed by atoms with Gasteiger partial charge in [0.05, 0.1) is 24.8 Å². The van der Waals surface area contributed by atoms with Gasteiger partial charge >= 0.3 is 0 Å². The van der Waals surface area contributed by atoms with Crippen LogP contribution in [-0.2, 0) is 11.4 Å². The lowest BCUT2D eigenvalue weighted by molar-refractivity contribution is -0.129. The second kappa shape index (κ2) is 9.78. The zero-order valence-electron chi connectivity index (χ0n) is 17.3. The first-order valence-electron chi connectivity index (χ1n) is 9.98. The van der Waals surface area contributed by atoms with Gasteiger partial charge in [-0.05, 0) is 47.5 Å². The van der Waals surface area contributed by atoms with Gasteiger partial charge in [-0.1, -0.05) is 26.0 Å². The highest BCUT2D eigenvalue weighted by Crippen LogP contribution is 2.22. The number of benzene rings is 2. The van der Waals surface area contributed by atoms with Crippen molar-refractivity contribution in [2.45, 2.75) is 20.5 Å². The molecule has 1 amide bonds. The van der Waals surface area contributed by atoms with Gasteiger partial charge in [0.15, 0.2) is 0 Å². The highest BCUT2D eigenvalue weighted by atomic mass is 16.5. The third-order valence-corrected chi connectivity index (χ3v) is 4.80. The Balaban J connectivity index is 0.00000117. The molecule has 3 aromatic rings. The van der Waals surface area contributed by atoms with E-state index in [0.717, 1.165) is 41.3 Å². The van der Waals surface area contributed by atoms with Gasteiger partial charge in [0, 0.05) is 25.8 Å². The SMILES string of the molecule is CC.CN1CCN(c2cccc(COc3ccc(-c4cnc[nH]4)cc3)c2)CC1=O. The zero-order chi connectivity index (χ0) is 20.6. The Morgan fingerprint density at radius 2 is 1.90 bits per heavy atom. The number of imidazole rings is 1. The number of piperazine rings is 1. The van der Waals surface area contributed by atoms with E-state index in [4.69, 9.17) is 4.74 Å². The van der Waals surface area contributed by atoms with Crippen molar-refractivity contribution in [3.05, 3.63) is 66.6 Å². The number of carbonyl (C=O) groups is 1. The van der Waals surface area contributed by atoms with E-state index in [1.807, 2.05) is 63.4 Å². The van der Waals surface area contributed by atoms with Crippen molar-refractivity contribution in [2.75, 3.05) is 31.6 Å². The summed E-state index contributed by atoms with van der Waals surface area (Å²) in [6.07, 6.45) is 3.46. The first-order chi connectivity index (χ1) is 14.2. The lowest BCUT2D eigenvalue weighted by Gasteiger charge is -2.33. The Morgan fingerprint density at radius 1 is 1.10 bits per heavy atom. The molecule has 0 bridgehead atoms. The van der Waals surface area contributed by atoms with Crippen LogP contribution in [0.1, 0.15) is 19.4 Å². The maximum atomic E-state index is 11.9. The molecule has 1 fully saturated rings. The van der Waals surface area contributed by atoms with E-state index >= 15 is 0 Å². The van der Waals surface area contributed by atoms with Crippen LogP contribution in [0.5, 0.6) is 5.75 Å². The van der Waals surface area contributed by atoms with E-state index < -0.39 is 0 Å². The number of likely N-dealkylation sites (N-methyl/N-ethyl adjacent to an activating group) is 1. The molecule has 1 aromatic heterocycles. The predicted molar refractivity (Wildman–Crippen MR) is 116 cm³/mol. The molecule has 6 nitrogen and oxygen atoms in total. The fourth-order valence-electron chi connectivity index (χ4n) is 3.13. The number of hydrogen-bond donors (Lipinski definition) is 1. The van der Waals surface area contributed by atoms with Crippen molar-refractivity contribution in [2.24, 2.45) is 0 Å². The largest absolute Gasteiger partial charge is 0.489 e. The number of H-pyrrole nitrogens is 1. The van der Waals surface area contributed by atoms with Crippen LogP contribution in [0.25, 0.3) is 11.3 Å². The maximum absolute atomic E-state index is 11.9. The summed E-state index contributed by atoms with van der Waals surface area (Å²) >= 11 is 0. The van der Waals surface area contributed by atoms with Crippen molar-refractivity contribution in [3.63, 3.8) is 0 Å². The predicted octanol–water partition coefficient (Wildman–Crippen LogP) is 3.96. The van der Waals surface area contributed by atoms with Crippen molar-refractivity contribution >= 4 is 11.6 Å². The van der Waals surface area contributed by atoms with Gasteiger partial charge in [-0.3, -0.25) is 4.79 Å². The average Bonchev–Trinajstić information content (AvgIpc) is 3.31. The van der Waals surface area contributed by atoms with E-state index in [0.29, 0.717) is 13.2 Å². The second-order valence-electron chi connectivity index (χ2n) is 6.69. The lowest BCUT2D eigenvalue weighted by atomic mass is 10.1. The fourth-order valence-corrected chi connectivity index (χ4v) is 3.13. The van der Waals surface area contributed by atoms with Gasteiger partial charge < -0.3 is 19.5 Å². The number of aromatic amines is 1. The van der Waals surface area contributed by atoms with E-state index in [1.54, 1.807) is 17.4 Å². The minimum atomic E-state index is 0.153. The molecule has 0 unspecified atom stereocenters. The van der Waals surface area contributed by atoms with E-state index in [-0.39, 0.29) is 5.91 Å². The van der Waals surface area contributed by atoms with Crippen LogP contribution in [0.2, 0.25) is 0 Å². The Morgan fingerprint density at radius 3 is 2.59 bits per heavy atom. The molecule has 0 atom stereocenters. The summed E-state index contributed by atoms with van der Waals surface area (Å²) in [4.78, 5) is 23.0. The number of anilines is 1.